The maximum atomic E-state index is 11.8. The minimum atomic E-state index is 0.764. The predicted octanol–water partition coefficient (Wildman–Crippen LogP) is 3.06. The van der Waals surface area contributed by atoms with Gasteiger partial charge in [-0.2, -0.15) is 0 Å². The minimum Gasteiger partial charge on any atom is -0.497 e. The SMILES string of the molecule is CCC1CC[N+](=C(C=O)c2ccnc3ccc(OC)cc23)CC1. The van der Waals surface area contributed by atoms with E-state index in [-0.39, 0.29) is 0 Å². The van der Waals surface area contributed by atoms with E-state index in [0.29, 0.717) is 0 Å². The zero-order valence-corrected chi connectivity index (χ0v) is 13.8. The molecule has 1 aliphatic rings. The quantitative estimate of drug-likeness (QED) is 0.644. The van der Waals surface area contributed by atoms with Crippen LogP contribution in [0.25, 0.3) is 10.9 Å². The van der Waals surface area contributed by atoms with Crippen LogP contribution in [0.1, 0.15) is 31.7 Å². The Bertz CT molecular complexity index is 742. The minimum absolute atomic E-state index is 0.764. The Labute approximate surface area is 136 Å². The van der Waals surface area contributed by atoms with Gasteiger partial charge in [0.2, 0.25) is 12.0 Å². The van der Waals surface area contributed by atoms with Crippen LogP contribution in [0.4, 0.5) is 0 Å². The molecule has 4 nitrogen and oxygen atoms in total. The molecule has 3 rings (SSSR count). The van der Waals surface area contributed by atoms with E-state index in [1.165, 1.54) is 6.42 Å². The molecule has 0 spiro atoms. The van der Waals surface area contributed by atoms with E-state index in [2.05, 4.69) is 16.5 Å². The normalized spacial score (nSPS) is 18.0. The first-order valence-electron chi connectivity index (χ1n) is 8.27. The summed E-state index contributed by atoms with van der Waals surface area (Å²) in [6.45, 7) is 4.13. The second kappa shape index (κ2) is 6.90. The molecular weight excluding hydrogens is 288 g/mol. The number of carbonyl (C=O) groups excluding carboxylic acids is 1. The molecule has 1 aromatic heterocycles. The number of aldehydes is 1. The monoisotopic (exact) mass is 311 g/mol. The van der Waals surface area contributed by atoms with Crippen LogP contribution in [-0.2, 0) is 4.79 Å². The Hall–Kier alpha value is -2.23. The van der Waals surface area contributed by atoms with Crippen molar-refractivity contribution >= 4 is 22.9 Å². The molecule has 23 heavy (non-hydrogen) atoms. The van der Waals surface area contributed by atoms with Gasteiger partial charge in [-0.05, 0) is 30.2 Å². The van der Waals surface area contributed by atoms with Crippen molar-refractivity contribution in [3.63, 3.8) is 0 Å². The van der Waals surface area contributed by atoms with Gasteiger partial charge in [0.05, 0.1) is 18.2 Å². The first-order valence-corrected chi connectivity index (χ1v) is 8.27. The van der Waals surface area contributed by atoms with Gasteiger partial charge in [0.1, 0.15) is 18.8 Å². The van der Waals surface area contributed by atoms with E-state index in [0.717, 1.165) is 66.1 Å². The molecule has 0 atom stereocenters. The molecule has 1 aliphatic heterocycles. The lowest BCUT2D eigenvalue weighted by Gasteiger charge is -2.20. The number of benzene rings is 1. The molecule has 0 N–H and O–H groups in total. The van der Waals surface area contributed by atoms with Crippen molar-refractivity contribution in [2.75, 3.05) is 20.2 Å². The van der Waals surface area contributed by atoms with Gasteiger partial charge in [-0.15, -0.1) is 0 Å². The molecule has 0 saturated carbocycles. The summed E-state index contributed by atoms with van der Waals surface area (Å²) in [6.07, 6.45) is 6.28. The van der Waals surface area contributed by atoms with Crippen molar-refractivity contribution in [1.29, 1.82) is 0 Å². The van der Waals surface area contributed by atoms with E-state index in [9.17, 15) is 4.79 Å². The highest BCUT2D eigenvalue weighted by Crippen LogP contribution is 2.24. The second-order valence-electron chi connectivity index (χ2n) is 6.08. The van der Waals surface area contributed by atoms with E-state index < -0.39 is 0 Å². The lowest BCUT2D eigenvalue weighted by molar-refractivity contribution is -0.539. The number of ether oxygens (including phenoxy) is 1. The summed E-state index contributed by atoms with van der Waals surface area (Å²) < 4.78 is 7.54. The van der Waals surface area contributed by atoms with Gasteiger partial charge in [0.25, 0.3) is 0 Å². The Balaban J connectivity index is 2.08. The first-order chi connectivity index (χ1) is 11.3. The van der Waals surface area contributed by atoms with Gasteiger partial charge < -0.3 is 4.74 Å². The molecule has 0 bridgehead atoms. The fourth-order valence-corrected chi connectivity index (χ4v) is 3.37. The maximum absolute atomic E-state index is 11.8. The number of rotatable bonds is 4. The number of pyridine rings is 1. The number of carbonyl (C=O) groups is 1. The summed E-state index contributed by atoms with van der Waals surface area (Å²) in [5, 5.41) is 0.964. The highest BCUT2D eigenvalue weighted by atomic mass is 16.5. The summed E-state index contributed by atoms with van der Waals surface area (Å²) in [4.78, 5) is 16.2. The van der Waals surface area contributed by atoms with E-state index in [4.69, 9.17) is 4.74 Å². The van der Waals surface area contributed by atoms with Crippen molar-refractivity contribution in [2.45, 2.75) is 26.2 Å². The van der Waals surface area contributed by atoms with Crippen LogP contribution in [0, 0.1) is 5.92 Å². The van der Waals surface area contributed by atoms with Crippen LogP contribution < -0.4 is 4.74 Å². The van der Waals surface area contributed by atoms with Gasteiger partial charge in [-0.3, -0.25) is 9.78 Å². The van der Waals surface area contributed by atoms with Crippen molar-refractivity contribution in [3.05, 3.63) is 36.0 Å². The largest absolute Gasteiger partial charge is 0.497 e. The molecule has 2 aromatic rings. The fraction of sp³-hybridized carbons (Fsp3) is 0.421. The Morgan fingerprint density at radius 3 is 2.78 bits per heavy atom. The lowest BCUT2D eigenvalue weighted by atomic mass is 9.94. The maximum Gasteiger partial charge on any atom is 0.248 e. The Morgan fingerprint density at radius 1 is 1.35 bits per heavy atom. The number of aromatic nitrogens is 1. The van der Waals surface area contributed by atoms with Crippen molar-refractivity contribution in [1.82, 2.24) is 4.98 Å². The third kappa shape index (κ3) is 3.11. The van der Waals surface area contributed by atoms with E-state index in [1.807, 2.05) is 24.3 Å². The zero-order valence-electron chi connectivity index (χ0n) is 13.8. The first kappa shape index (κ1) is 15.7. The third-order valence-electron chi connectivity index (χ3n) is 4.87. The van der Waals surface area contributed by atoms with Crippen LogP contribution in [-0.4, -0.2) is 41.8 Å². The zero-order chi connectivity index (χ0) is 16.2. The number of nitrogens with zero attached hydrogens (tertiary/aromatic N) is 2. The van der Waals surface area contributed by atoms with Crippen LogP contribution in [0.2, 0.25) is 0 Å². The molecule has 120 valence electrons. The predicted molar refractivity (Wildman–Crippen MR) is 91.5 cm³/mol. The molecule has 4 heteroatoms. The number of methoxy groups -OCH3 is 1. The standard InChI is InChI=1S/C19H23N2O2/c1-3-14-7-10-21(11-8-14)19(13-22)16-6-9-20-18-5-4-15(23-2)12-17(16)18/h4-6,9,12-14H,3,7-8,10-11H2,1-2H3/q+1. The van der Waals surface area contributed by atoms with Gasteiger partial charge in [-0.1, -0.05) is 13.3 Å². The average Bonchev–Trinajstić information content (AvgIpc) is 2.62. The number of fused-ring (bicyclic) bond motifs is 1. The van der Waals surface area contributed by atoms with Gasteiger partial charge >= 0.3 is 0 Å². The average molecular weight is 311 g/mol. The summed E-state index contributed by atoms with van der Waals surface area (Å²) >= 11 is 0. The van der Waals surface area contributed by atoms with Crippen LogP contribution in [0.15, 0.2) is 30.5 Å². The molecule has 1 aromatic carbocycles. The summed E-state index contributed by atoms with van der Waals surface area (Å²) in [6, 6.07) is 7.72. The van der Waals surface area contributed by atoms with Gasteiger partial charge in [-0.25, -0.2) is 4.58 Å². The molecule has 0 unspecified atom stereocenters. The fourth-order valence-electron chi connectivity index (χ4n) is 3.37. The molecule has 1 fully saturated rings. The van der Waals surface area contributed by atoms with Gasteiger partial charge in [0.15, 0.2) is 0 Å². The Morgan fingerprint density at radius 2 is 2.13 bits per heavy atom. The number of hydrogen-bond acceptors (Lipinski definition) is 3. The second-order valence-corrected chi connectivity index (χ2v) is 6.08. The molecule has 2 heterocycles. The topological polar surface area (TPSA) is 42.2 Å². The highest BCUT2D eigenvalue weighted by molar-refractivity contribution is 6.36. The molecule has 0 amide bonds. The van der Waals surface area contributed by atoms with Crippen LogP contribution in [0.3, 0.4) is 0 Å². The molecular formula is C19H23N2O2+. The lowest BCUT2D eigenvalue weighted by Crippen LogP contribution is -2.32. The van der Waals surface area contributed by atoms with Crippen molar-refractivity contribution < 1.29 is 14.1 Å². The number of piperidine rings is 1. The van der Waals surface area contributed by atoms with Crippen molar-refractivity contribution in [2.24, 2.45) is 5.92 Å². The number of hydrogen-bond donors (Lipinski definition) is 0. The summed E-state index contributed by atoms with van der Waals surface area (Å²) in [5.41, 5.74) is 2.59. The van der Waals surface area contributed by atoms with Crippen LogP contribution in [0.5, 0.6) is 5.75 Å². The highest BCUT2D eigenvalue weighted by Gasteiger charge is 2.25. The smallest absolute Gasteiger partial charge is 0.248 e. The molecule has 0 aliphatic carbocycles. The third-order valence-corrected chi connectivity index (χ3v) is 4.87. The van der Waals surface area contributed by atoms with E-state index >= 15 is 0 Å². The Kier molecular flexibility index (Phi) is 4.70. The molecule has 1 saturated heterocycles. The molecule has 0 radical (unpaired) electrons. The van der Waals surface area contributed by atoms with Gasteiger partial charge in [0, 0.05) is 24.4 Å². The van der Waals surface area contributed by atoms with Crippen LogP contribution >= 0.6 is 0 Å². The summed E-state index contributed by atoms with van der Waals surface area (Å²) in [7, 11) is 1.65. The van der Waals surface area contributed by atoms with Crippen molar-refractivity contribution in [3.8, 4) is 5.75 Å². The summed E-state index contributed by atoms with van der Waals surface area (Å²) in [5.74, 6) is 1.56. The van der Waals surface area contributed by atoms with E-state index in [1.54, 1.807) is 13.3 Å².